The van der Waals surface area contributed by atoms with Gasteiger partial charge in [0, 0.05) is 5.56 Å². The van der Waals surface area contributed by atoms with Crippen LogP contribution < -0.4 is 10.5 Å². The Morgan fingerprint density at radius 3 is 2.18 bits per heavy atom. The molecule has 2 rings (SSSR count). The summed E-state index contributed by atoms with van der Waals surface area (Å²) >= 11 is 0. The van der Waals surface area contributed by atoms with Crippen LogP contribution in [0.15, 0.2) is 24.3 Å². The summed E-state index contributed by atoms with van der Waals surface area (Å²) in [5.74, 6) is -2.41. The van der Waals surface area contributed by atoms with E-state index < -0.39 is 11.5 Å². The molecule has 2 nitrogen and oxygen atoms in total. The van der Waals surface area contributed by atoms with Crippen molar-refractivity contribution >= 4 is 0 Å². The lowest BCUT2D eigenvalue weighted by Gasteiger charge is -2.33. The molecule has 1 aromatic rings. The van der Waals surface area contributed by atoms with Gasteiger partial charge in [-0.3, -0.25) is 0 Å². The van der Waals surface area contributed by atoms with E-state index in [1.54, 1.807) is 12.1 Å². The predicted octanol–water partition coefficient (Wildman–Crippen LogP) is 3.06. The van der Waals surface area contributed by atoms with Crippen molar-refractivity contribution in [3.05, 3.63) is 29.8 Å². The molecule has 17 heavy (non-hydrogen) atoms. The van der Waals surface area contributed by atoms with E-state index in [0.717, 1.165) is 12.8 Å². The number of ether oxygens (including phenoxy) is 1. The zero-order chi connectivity index (χ0) is 12.5. The first-order valence-corrected chi connectivity index (χ1v) is 5.81. The molecule has 0 spiro atoms. The molecule has 94 valence electrons. The molecular weight excluding hydrogens is 224 g/mol. The fourth-order valence-corrected chi connectivity index (χ4v) is 2.41. The largest absolute Gasteiger partial charge is 0.497 e. The molecular formula is C13H17F2NO. The summed E-state index contributed by atoms with van der Waals surface area (Å²) in [5.41, 5.74) is 4.45. The van der Waals surface area contributed by atoms with Gasteiger partial charge in [0.2, 0.25) is 0 Å². The summed E-state index contributed by atoms with van der Waals surface area (Å²) in [5, 5.41) is 0. The first kappa shape index (κ1) is 12.3. The van der Waals surface area contributed by atoms with Crippen LogP contribution in [0.25, 0.3) is 0 Å². The fraction of sp³-hybridized carbons (Fsp3) is 0.538. The Morgan fingerprint density at radius 2 is 1.71 bits per heavy atom. The van der Waals surface area contributed by atoms with Crippen LogP contribution >= 0.6 is 0 Å². The minimum absolute atomic E-state index is 0.0253. The smallest absolute Gasteiger partial charge is 0.290 e. The number of hydrogen-bond donors (Lipinski definition) is 1. The van der Waals surface area contributed by atoms with Crippen LogP contribution in [-0.4, -0.2) is 12.6 Å². The van der Waals surface area contributed by atoms with Crippen LogP contribution in [0, 0.1) is 0 Å². The monoisotopic (exact) mass is 241 g/mol. The van der Waals surface area contributed by atoms with Gasteiger partial charge >= 0.3 is 0 Å². The quantitative estimate of drug-likeness (QED) is 0.882. The van der Waals surface area contributed by atoms with Crippen LogP contribution in [0.1, 0.15) is 31.2 Å². The SMILES string of the molecule is COc1ccc(C(F)(F)C2(N)CCCC2)cc1. The Labute approximate surface area is 99.8 Å². The zero-order valence-electron chi connectivity index (χ0n) is 9.88. The topological polar surface area (TPSA) is 35.2 Å². The second-order valence-electron chi connectivity index (χ2n) is 4.67. The van der Waals surface area contributed by atoms with E-state index >= 15 is 0 Å². The van der Waals surface area contributed by atoms with E-state index in [9.17, 15) is 8.78 Å². The number of alkyl halides is 2. The molecule has 1 aromatic carbocycles. The maximum Gasteiger partial charge on any atom is 0.290 e. The van der Waals surface area contributed by atoms with Crippen LogP contribution in [0.3, 0.4) is 0 Å². The van der Waals surface area contributed by atoms with E-state index in [1.165, 1.54) is 19.2 Å². The van der Waals surface area contributed by atoms with Gasteiger partial charge in [0.15, 0.2) is 0 Å². The van der Waals surface area contributed by atoms with E-state index in [4.69, 9.17) is 10.5 Å². The van der Waals surface area contributed by atoms with Crippen molar-refractivity contribution in [1.82, 2.24) is 0 Å². The summed E-state index contributed by atoms with van der Waals surface area (Å²) in [6.45, 7) is 0. The van der Waals surface area contributed by atoms with E-state index in [-0.39, 0.29) is 5.56 Å². The Morgan fingerprint density at radius 1 is 1.18 bits per heavy atom. The van der Waals surface area contributed by atoms with Gasteiger partial charge in [0.25, 0.3) is 5.92 Å². The Balaban J connectivity index is 2.30. The zero-order valence-corrected chi connectivity index (χ0v) is 9.88. The van der Waals surface area contributed by atoms with Gasteiger partial charge in [-0.15, -0.1) is 0 Å². The van der Waals surface area contributed by atoms with Gasteiger partial charge < -0.3 is 10.5 Å². The molecule has 0 aromatic heterocycles. The van der Waals surface area contributed by atoms with Crippen molar-refractivity contribution in [2.45, 2.75) is 37.1 Å². The number of methoxy groups -OCH3 is 1. The first-order valence-electron chi connectivity index (χ1n) is 5.81. The highest BCUT2D eigenvalue weighted by Crippen LogP contribution is 2.46. The van der Waals surface area contributed by atoms with E-state index in [1.807, 2.05) is 0 Å². The number of halogens is 2. The lowest BCUT2D eigenvalue weighted by atomic mass is 9.86. The number of hydrogen-bond acceptors (Lipinski definition) is 2. The van der Waals surface area contributed by atoms with Crippen molar-refractivity contribution in [3.63, 3.8) is 0 Å². The summed E-state index contributed by atoms with van der Waals surface area (Å²) in [6, 6.07) is 5.88. The highest BCUT2D eigenvalue weighted by atomic mass is 19.3. The van der Waals surface area contributed by atoms with E-state index in [2.05, 4.69) is 0 Å². The van der Waals surface area contributed by atoms with Gasteiger partial charge in [-0.1, -0.05) is 12.8 Å². The second-order valence-corrected chi connectivity index (χ2v) is 4.67. The van der Waals surface area contributed by atoms with Gasteiger partial charge in [0.05, 0.1) is 12.6 Å². The molecule has 0 unspecified atom stereocenters. The Hall–Kier alpha value is -1.16. The molecule has 2 N–H and O–H groups in total. The van der Waals surface area contributed by atoms with Crippen molar-refractivity contribution < 1.29 is 13.5 Å². The Bertz CT molecular complexity index is 383. The molecule has 1 aliphatic carbocycles. The average molecular weight is 241 g/mol. The third kappa shape index (κ3) is 2.02. The van der Waals surface area contributed by atoms with Crippen molar-refractivity contribution in [3.8, 4) is 5.75 Å². The van der Waals surface area contributed by atoms with Crippen LogP contribution in [0.4, 0.5) is 8.78 Å². The summed E-state index contributed by atoms with van der Waals surface area (Å²) in [7, 11) is 1.51. The molecule has 0 bridgehead atoms. The highest BCUT2D eigenvalue weighted by Gasteiger charge is 2.53. The molecule has 1 fully saturated rings. The van der Waals surface area contributed by atoms with Gasteiger partial charge in [-0.05, 0) is 37.1 Å². The van der Waals surface area contributed by atoms with Gasteiger partial charge in [0.1, 0.15) is 5.75 Å². The number of nitrogens with two attached hydrogens (primary N) is 1. The molecule has 0 heterocycles. The van der Waals surface area contributed by atoms with Gasteiger partial charge in [-0.25, -0.2) is 0 Å². The van der Waals surface area contributed by atoms with Gasteiger partial charge in [-0.2, -0.15) is 8.78 Å². The van der Waals surface area contributed by atoms with Crippen LogP contribution in [-0.2, 0) is 5.92 Å². The highest BCUT2D eigenvalue weighted by molar-refractivity contribution is 5.32. The van der Waals surface area contributed by atoms with Crippen molar-refractivity contribution in [2.75, 3.05) is 7.11 Å². The standard InChI is InChI=1S/C13H17F2NO/c1-17-11-6-4-10(5-7-11)13(14,15)12(16)8-2-3-9-12/h4-7H,2-3,8-9,16H2,1H3. The summed E-state index contributed by atoms with van der Waals surface area (Å²) < 4.78 is 33.6. The molecule has 4 heteroatoms. The normalized spacial score (nSPS) is 19.3. The third-order valence-corrected chi connectivity index (χ3v) is 3.57. The molecule has 0 amide bonds. The number of rotatable bonds is 3. The Kier molecular flexibility index (Phi) is 3.08. The van der Waals surface area contributed by atoms with Crippen molar-refractivity contribution in [2.24, 2.45) is 5.73 Å². The molecule has 0 aliphatic heterocycles. The predicted molar refractivity (Wildman–Crippen MR) is 62.3 cm³/mol. The molecule has 1 aliphatic rings. The second kappa shape index (κ2) is 4.26. The molecule has 0 radical (unpaired) electrons. The lowest BCUT2D eigenvalue weighted by Crippen LogP contribution is -2.51. The van der Waals surface area contributed by atoms with E-state index in [0.29, 0.717) is 18.6 Å². The average Bonchev–Trinajstić information content (AvgIpc) is 2.78. The van der Waals surface area contributed by atoms with Crippen molar-refractivity contribution in [1.29, 1.82) is 0 Å². The lowest BCUT2D eigenvalue weighted by molar-refractivity contribution is -0.0794. The first-order chi connectivity index (χ1) is 7.99. The maximum atomic E-state index is 14.3. The molecule has 0 saturated heterocycles. The summed E-state index contributed by atoms with van der Waals surface area (Å²) in [6.07, 6.45) is 2.32. The minimum atomic E-state index is -2.98. The maximum absolute atomic E-state index is 14.3. The summed E-state index contributed by atoms with van der Waals surface area (Å²) in [4.78, 5) is 0. The minimum Gasteiger partial charge on any atom is -0.497 e. The molecule has 1 saturated carbocycles. The third-order valence-electron chi connectivity index (χ3n) is 3.57. The van der Waals surface area contributed by atoms with Crippen LogP contribution in [0.2, 0.25) is 0 Å². The van der Waals surface area contributed by atoms with Crippen LogP contribution in [0.5, 0.6) is 5.75 Å². The fourth-order valence-electron chi connectivity index (χ4n) is 2.41. The number of benzene rings is 1. The molecule has 0 atom stereocenters.